The fraction of sp³-hybridized carbons (Fsp3) is 0.353. The second-order valence-electron chi connectivity index (χ2n) is 5.80. The maximum Gasteiger partial charge on any atom is 0.182 e. The van der Waals surface area contributed by atoms with Crippen LogP contribution in [0.5, 0.6) is 5.75 Å². The van der Waals surface area contributed by atoms with Gasteiger partial charge in [0.1, 0.15) is 17.6 Å². The molecule has 1 saturated heterocycles. The molecule has 0 aliphatic carbocycles. The van der Waals surface area contributed by atoms with E-state index in [-0.39, 0.29) is 0 Å². The van der Waals surface area contributed by atoms with Crippen LogP contribution in [-0.2, 0) is 6.42 Å². The fourth-order valence-electron chi connectivity index (χ4n) is 3.42. The van der Waals surface area contributed by atoms with Crippen LogP contribution in [0.4, 0.5) is 5.82 Å². The summed E-state index contributed by atoms with van der Waals surface area (Å²) < 4.78 is 5.49. The van der Waals surface area contributed by atoms with Gasteiger partial charge in [0.25, 0.3) is 0 Å². The highest BCUT2D eigenvalue weighted by Gasteiger charge is 2.28. The number of ether oxygens (including phenoxy) is 1. The highest BCUT2D eigenvalue weighted by molar-refractivity contribution is 5.83. The number of imidazole rings is 1. The van der Waals surface area contributed by atoms with Gasteiger partial charge in [-0.25, -0.2) is 15.0 Å². The minimum atomic E-state index is 0.410. The first kappa shape index (κ1) is 14.0. The third-order valence-corrected chi connectivity index (χ3v) is 4.50. The van der Waals surface area contributed by atoms with Gasteiger partial charge in [0, 0.05) is 12.6 Å². The predicted octanol–water partition coefficient (Wildman–Crippen LogP) is 2.57. The standard InChI is InChI=1S/C17H19N5O/c1-23-14-7-3-2-5-12(14)9-13-6-4-8-22(13)17-15-16(19-10-18-15)20-11-21-17/h2-3,5,7,10-11,13H,4,6,8-9H2,1H3,(H,18,19,20,21)/t13-/m0/s1. The van der Waals surface area contributed by atoms with Gasteiger partial charge in [-0.05, 0) is 30.9 Å². The lowest BCUT2D eigenvalue weighted by atomic mass is 10.0. The summed E-state index contributed by atoms with van der Waals surface area (Å²) in [6.07, 6.45) is 6.53. The molecule has 6 heteroatoms. The number of rotatable bonds is 4. The highest BCUT2D eigenvalue weighted by atomic mass is 16.5. The minimum absolute atomic E-state index is 0.410. The van der Waals surface area contributed by atoms with E-state index >= 15 is 0 Å². The number of para-hydroxylation sites is 1. The number of methoxy groups -OCH3 is 1. The van der Waals surface area contributed by atoms with E-state index in [0.29, 0.717) is 6.04 Å². The fourth-order valence-corrected chi connectivity index (χ4v) is 3.42. The monoisotopic (exact) mass is 309 g/mol. The quantitative estimate of drug-likeness (QED) is 0.802. The van der Waals surface area contributed by atoms with Gasteiger partial charge >= 0.3 is 0 Å². The van der Waals surface area contributed by atoms with Crippen LogP contribution < -0.4 is 9.64 Å². The Morgan fingerprint density at radius 2 is 2.17 bits per heavy atom. The summed E-state index contributed by atoms with van der Waals surface area (Å²) in [6, 6.07) is 8.64. The summed E-state index contributed by atoms with van der Waals surface area (Å²) in [4.78, 5) is 18.5. The van der Waals surface area contributed by atoms with Crippen LogP contribution in [0.15, 0.2) is 36.9 Å². The van der Waals surface area contributed by atoms with E-state index in [1.54, 1.807) is 19.8 Å². The third-order valence-electron chi connectivity index (χ3n) is 4.50. The van der Waals surface area contributed by atoms with Crippen LogP contribution in [-0.4, -0.2) is 39.6 Å². The van der Waals surface area contributed by atoms with Crippen LogP contribution in [0.3, 0.4) is 0 Å². The van der Waals surface area contributed by atoms with Crippen LogP contribution >= 0.6 is 0 Å². The maximum absolute atomic E-state index is 5.49. The van der Waals surface area contributed by atoms with Crippen LogP contribution in [0, 0.1) is 0 Å². The van der Waals surface area contributed by atoms with Crippen molar-refractivity contribution >= 4 is 17.0 Å². The molecule has 0 radical (unpaired) electrons. The van der Waals surface area contributed by atoms with Crippen molar-refractivity contribution in [3.8, 4) is 5.75 Å². The van der Waals surface area contributed by atoms with Gasteiger partial charge in [0.2, 0.25) is 0 Å². The number of nitrogens with zero attached hydrogens (tertiary/aromatic N) is 4. The van der Waals surface area contributed by atoms with Crippen molar-refractivity contribution in [3.05, 3.63) is 42.5 Å². The lowest BCUT2D eigenvalue weighted by Gasteiger charge is -2.26. The van der Waals surface area contributed by atoms with Gasteiger partial charge < -0.3 is 14.6 Å². The van der Waals surface area contributed by atoms with Gasteiger partial charge in [-0.3, -0.25) is 0 Å². The van der Waals surface area contributed by atoms with Crippen molar-refractivity contribution in [2.24, 2.45) is 0 Å². The zero-order valence-corrected chi connectivity index (χ0v) is 13.1. The van der Waals surface area contributed by atoms with Gasteiger partial charge in [0.15, 0.2) is 11.5 Å². The zero-order chi connectivity index (χ0) is 15.6. The molecule has 118 valence electrons. The van der Waals surface area contributed by atoms with Crippen molar-refractivity contribution in [1.82, 2.24) is 19.9 Å². The largest absolute Gasteiger partial charge is 0.496 e. The van der Waals surface area contributed by atoms with Gasteiger partial charge in [0.05, 0.1) is 13.4 Å². The van der Waals surface area contributed by atoms with Crippen molar-refractivity contribution in [3.63, 3.8) is 0 Å². The Bertz CT molecular complexity index is 815. The number of nitrogens with one attached hydrogen (secondary N) is 1. The summed E-state index contributed by atoms with van der Waals surface area (Å²) in [5, 5.41) is 0. The van der Waals surface area contributed by atoms with Crippen LogP contribution in [0.25, 0.3) is 11.2 Å². The topological polar surface area (TPSA) is 66.9 Å². The van der Waals surface area contributed by atoms with E-state index in [0.717, 1.165) is 42.1 Å². The Morgan fingerprint density at radius 1 is 1.26 bits per heavy atom. The molecule has 0 bridgehead atoms. The molecule has 0 amide bonds. The van der Waals surface area contributed by atoms with Crippen molar-refractivity contribution in [1.29, 1.82) is 0 Å². The number of fused-ring (bicyclic) bond motifs is 1. The first-order chi connectivity index (χ1) is 11.4. The average molecular weight is 309 g/mol. The normalized spacial score (nSPS) is 17.8. The summed E-state index contributed by atoms with van der Waals surface area (Å²) in [5.74, 6) is 1.90. The first-order valence-electron chi connectivity index (χ1n) is 7.89. The molecule has 1 aromatic carbocycles. The SMILES string of the molecule is COc1ccccc1C[C@@H]1CCCN1c1ncnc2nc[nH]c12. The van der Waals surface area contributed by atoms with Crippen LogP contribution in [0.1, 0.15) is 18.4 Å². The number of hydrogen-bond donors (Lipinski definition) is 1. The molecule has 3 aromatic rings. The van der Waals surface area contributed by atoms with E-state index in [9.17, 15) is 0 Å². The Balaban J connectivity index is 1.65. The predicted molar refractivity (Wildman–Crippen MR) is 88.7 cm³/mol. The van der Waals surface area contributed by atoms with Gasteiger partial charge in [-0.2, -0.15) is 0 Å². The Hall–Kier alpha value is -2.63. The number of aromatic amines is 1. The Labute approximate surface area is 134 Å². The summed E-state index contributed by atoms with van der Waals surface area (Å²) in [5.41, 5.74) is 2.87. The molecule has 0 spiro atoms. The van der Waals surface area contributed by atoms with Crippen molar-refractivity contribution < 1.29 is 4.74 Å². The smallest absolute Gasteiger partial charge is 0.182 e. The number of benzene rings is 1. The van der Waals surface area contributed by atoms with Crippen molar-refractivity contribution in [2.75, 3.05) is 18.6 Å². The molecule has 1 fully saturated rings. The Kier molecular flexibility index (Phi) is 3.57. The van der Waals surface area contributed by atoms with E-state index in [1.165, 1.54) is 12.0 Å². The average Bonchev–Trinajstić information content (AvgIpc) is 3.24. The van der Waals surface area contributed by atoms with Crippen molar-refractivity contribution in [2.45, 2.75) is 25.3 Å². The number of hydrogen-bond acceptors (Lipinski definition) is 5. The van der Waals surface area contributed by atoms with Gasteiger partial charge in [-0.1, -0.05) is 18.2 Å². The first-order valence-corrected chi connectivity index (χ1v) is 7.89. The minimum Gasteiger partial charge on any atom is -0.496 e. The molecule has 1 aliphatic rings. The lowest BCUT2D eigenvalue weighted by Crippen LogP contribution is -2.32. The van der Waals surface area contributed by atoms with E-state index < -0.39 is 0 Å². The Morgan fingerprint density at radius 3 is 3.09 bits per heavy atom. The molecule has 0 unspecified atom stereocenters. The second kappa shape index (κ2) is 5.87. The molecule has 1 atom stereocenters. The number of anilines is 1. The summed E-state index contributed by atoms with van der Waals surface area (Å²) in [7, 11) is 1.73. The molecule has 1 N–H and O–H groups in total. The van der Waals surface area contributed by atoms with E-state index in [2.05, 4.69) is 37.0 Å². The molecule has 2 aromatic heterocycles. The third kappa shape index (κ3) is 2.50. The summed E-state index contributed by atoms with van der Waals surface area (Å²) in [6.45, 7) is 1.00. The molecule has 0 saturated carbocycles. The molecule has 6 nitrogen and oxygen atoms in total. The molecule has 23 heavy (non-hydrogen) atoms. The second-order valence-corrected chi connectivity index (χ2v) is 5.80. The number of H-pyrrole nitrogens is 1. The van der Waals surface area contributed by atoms with E-state index in [4.69, 9.17) is 4.74 Å². The molecular formula is C17H19N5O. The zero-order valence-electron chi connectivity index (χ0n) is 13.1. The summed E-state index contributed by atoms with van der Waals surface area (Å²) >= 11 is 0. The van der Waals surface area contributed by atoms with E-state index in [1.807, 2.05) is 12.1 Å². The lowest BCUT2D eigenvalue weighted by molar-refractivity contribution is 0.408. The van der Waals surface area contributed by atoms with Gasteiger partial charge in [-0.15, -0.1) is 0 Å². The maximum atomic E-state index is 5.49. The molecule has 3 heterocycles. The van der Waals surface area contributed by atoms with Crippen LogP contribution in [0.2, 0.25) is 0 Å². The highest BCUT2D eigenvalue weighted by Crippen LogP contribution is 2.31. The molecule has 1 aliphatic heterocycles. The molecular weight excluding hydrogens is 290 g/mol. The number of aromatic nitrogens is 4. The molecule has 4 rings (SSSR count).